The fraction of sp³-hybridized carbons (Fsp3) is 0.480. The van der Waals surface area contributed by atoms with Gasteiger partial charge in [0.25, 0.3) is 0 Å². The number of carbonyl (C=O) groups is 1. The zero-order chi connectivity index (χ0) is 23.3. The maximum absolute atomic E-state index is 13.0. The lowest BCUT2D eigenvalue weighted by molar-refractivity contribution is -0.126. The summed E-state index contributed by atoms with van der Waals surface area (Å²) >= 11 is 6.00. The number of rotatable bonds is 8. The van der Waals surface area contributed by atoms with E-state index in [9.17, 15) is 13.2 Å². The number of benzene rings is 2. The summed E-state index contributed by atoms with van der Waals surface area (Å²) in [6.45, 7) is 4.31. The first kappa shape index (κ1) is 24.2. The Hall–Kier alpha value is -1.93. The minimum Gasteiger partial charge on any atom is -0.352 e. The van der Waals surface area contributed by atoms with Gasteiger partial charge in [0.1, 0.15) is 0 Å². The van der Waals surface area contributed by atoms with Crippen molar-refractivity contribution in [3.8, 4) is 0 Å². The van der Waals surface area contributed by atoms with E-state index in [0.717, 1.165) is 25.2 Å². The molecular weight excluding hydrogens is 458 g/mol. The Morgan fingerprint density at radius 2 is 1.76 bits per heavy atom. The number of likely N-dealkylation sites (tertiary alicyclic amines) is 1. The molecule has 0 radical (unpaired) electrons. The van der Waals surface area contributed by atoms with Gasteiger partial charge in [0.2, 0.25) is 15.9 Å². The minimum absolute atomic E-state index is 0.0753. The van der Waals surface area contributed by atoms with Crippen molar-refractivity contribution in [3.63, 3.8) is 0 Å². The van der Waals surface area contributed by atoms with Gasteiger partial charge in [-0.25, -0.2) is 12.7 Å². The maximum Gasteiger partial charge on any atom is 0.224 e. The first-order valence-electron chi connectivity index (χ1n) is 11.7. The van der Waals surface area contributed by atoms with Crippen molar-refractivity contribution in [1.29, 1.82) is 0 Å². The summed E-state index contributed by atoms with van der Waals surface area (Å²) in [6, 6.07) is 15.1. The molecule has 8 heteroatoms. The van der Waals surface area contributed by atoms with Gasteiger partial charge in [0.05, 0.1) is 11.7 Å². The second-order valence-electron chi connectivity index (χ2n) is 9.05. The molecule has 2 aliphatic heterocycles. The highest BCUT2D eigenvalue weighted by molar-refractivity contribution is 7.88. The van der Waals surface area contributed by atoms with Crippen molar-refractivity contribution in [2.75, 3.05) is 26.2 Å². The molecule has 6 nitrogen and oxygen atoms in total. The van der Waals surface area contributed by atoms with Crippen molar-refractivity contribution in [2.24, 2.45) is 5.92 Å². The van der Waals surface area contributed by atoms with E-state index in [0.29, 0.717) is 36.5 Å². The molecule has 1 amide bonds. The molecule has 1 N–H and O–H groups in total. The second kappa shape index (κ2) is 11.0. The smallest absolute Gasteiger partial charge is 0.224 e. The van der Waals surface area contributed by atoms with Crippen LogP contribution in [-0.4, -0.2) is 49.7 Å². The van der Waals surface area contributed by atoms with Gasteiger partial charge in [0.15, 0.2) is 0 Å². The average Bonchev–Trinajstić information content (AvgIpc) is 3.31. The minimum atomic E-state index is -3.52. The van der Waals surface area contributed by atoms with Crippen molar-refractivity contribution in [3.05, 3.63) is 70.2 Å². The predicted molar refractivity (Wildman–Crippen MR) is 131 cm³/mol. The molecule has 1 atom stereocenters. The van der Waals surface area contributed by atoms with Crippen LogP contribution in [0.15, 0.2) is 48.5 Å². The maximum atomic E-state index is 13.0. The van der Waals surface area contributed by atoms with Crippen molar-refractivity contribution < 1.29 is 13.2 Å². The van der Waals surface area contributed by atoms with Gasteiger partial charge in [-0.15, -0.1) is 0 Å². The third-order valence-electron chi connectivity index (χ3n) is 6.55. The summed E-state index contributed by atoms with van der Waals surface area (Å²) in [5.74, 6) is -0.515. The zero-order valence-electron chi connectivity index (χ0n) is 18.9. The van der Waals surface area contributed by atoms with E-state index in [1.54, 1.807) is 24.3 Å². The molecule has 2 heterocycles. The molecule has 2 fully saturated rings. The van der Waals surface area contributed by atoms with Crippen LogP contribution < -0.4 is 5.32 Å². The number of nitrogens with zero attached hydrogens (tertiary/aromatic N) is 2. The van der Waals surface area contributed by atoms with Crippen LogP contribution in [0, 0.1) is 5.92 Å². The monoisotopic (exact) mass is 489 g/mol. The fourth-order valence-corrected chi connectivity index (χ4v) is 6.54. The molecule has 0 aliphatic carbocycles. The number of amides is 1. The highest BCUT2D eigenvalue weighted by atomic mass is 35.5. The topological polar surface area (TPSA) is 69.7 Å². The summed E-state index contributed by atoms with van der Waals surface area (Å²) in [5.41, 5.74) is 3.02. The van der Waals surface area contributed by atoms with E-state index < -0.39 is 10.0 Å². The second-order valence-corrected chi connectivity index (χ2v) is 11.5. The summed E-state index contributed by atoms with van der Waals surface area (Å²) in [6.07, 6.45) is 3.87. The number of nitrogens with one attached hydrogen (secondary N) is 1. The Morgan fingerprint density at radius 3 is 2.52 bits per heavy atom. The summed E-state index contributed by atoms with van der Waals surface area (Å²) in [4.78, 5) is 15.4. The van der Waals surface area contributed by atoms with Crippen LogP contribution in [0.25, 0.3) is 0 Å². The molecular formula is C25H32ClN3O3S. The summed E-state index contributed by atoms with van der Waals surface area (Å²) in [7, 11) is -3.52. The van der Waals surface area contributed by atoms with E-state index in [1.165, 1.54) is 22.7 Å². The van der Waals surface area contributed by atoms with Crippen molar-refractivity contribution >= 4 is 27.5 Å². The largest absolute Gasteiger partial charge is 0.352 e. The number of sulfonamides is 1. The first-order chi connectivity index (χ1) is 15.9. The van der Waals surface area contributed by atoms with Crippen molar-refractivity contribution in [2.45, 2.75) is 44.5 Å². The summed E-state index contributed by atoms with van der Waals surface area (Å²) in [5, 5.41) is 3.58. The third kappa shape index (κ3) is 6.57. The first-order valence-corrected chi connectivity index (χ1v) is 13.7. The lowest BCUT2D eigenvalue weighted by Gasteiger charge is -2.31. The van der Waals surface area contributed by atoms with Gasteiger partial charge >= 0.3 is 0 Å². The quantitative estimate of drug-likeness (QED) is 0.612. The predicted octanol–water partition coefficient (Wildman–Crippen LogP) is 3.79. The Kier molecular flexibility index (Phi) is 8.07. The molecule has 33 heavy (non-hydrogen) atoms. The highest BCUT2D eigenvalue weighted by Gasteiger charge is 2.32. The summed E-state index contributed by atoms with van der Waals surface area (Å²) < 4.78 is 27.4. The Morgan fingerprint density at radius 1 is 1.00 bits per heavy atom. The van der Waals surface area contributed by atoms with Gasteiger partial charge in [-0.1, -0.05) is 48.0 Å². The van der Waals surface area contributed by atoms with Crippen LogP contribution in [-0.2, 0) is 33.7 Å². The number of halogens is 1. The molecule has 2 aromatic carbocycles. The molecule has 0 aromatic heterocycles. The molecule has 0 bridgehead atoms. The zero-order valence-corrected chi connectivity index (χ0v) is 20.5. The molecule has 0 saturated carbocycles. The molecule has 4 rings (SSSR count). The molecule has 2 aliphatic rings. The van der Waals surface area contributed by atoms with Crippen molar-refractivity contribution in [1.82, 2.24) is 14.5 Å². The molecule has 2 saturated heterocycles. The number of carbonyl (C=O) groups excluding carboxylic acids is 1. The van der Waals surface area contributed by atoms with Crippen LogP contribution in [0.2, 0.25) is 5.02 Å². The Balaban J connectivity index is 1.34. The number of piperidine rings is 1. The van der Waals surface area contributed by atoms with Crippen LogP contribution in [0.1, 0.15) is 42.4 Å². The van der Waals surface area contributed by atoms with Crippen LogP contribution in [0.5, 0.6) is 0 Å². The SMILES string of the molecule is O=C(NCc1ccccc1CN1CCCC1)[C@H]1CCCN(S(=O)(=O)Cc2cccc(Cl)c2)C1. The van der Waals surface area contributed by atoms with E-state index in [2.05, 4.69) is 22.3 Å². The normalized spacial score (nSPS) is 20.1. The van der Waals surface area contributed by atoms with Gasteiger partial charge in [0, 0.05) is 31.2 Å². The lowest BCUT2D eigenvalue weighted by atomic mass is 9.98. The van der Waals surface area contributed by atoms with Gasteiger partial charge in [-0.3, -0.25) is 9.69 Å². The highest BCUT2D eigenvalue weighted by Crippen LogP contribution is 2.23. The van der Waals surface area contributed by atoms with Crippen LogP contribution in [0.3, 0.4) is 0 Å². The van der Waals surface area contributed by atoms with Gasteiger partial charge < -0.3 is 5.32 Å². The third-order valence-corrected chi connectivity index (χ3v) is 8.60. The van der Waals surface area contributed by atoms with Gasteiger partial charge in [-0.05, 0) is 67.6 Å². The Bertz CT molecular complexity index is 1070. The molecule has 2 aromatic rings. The van der Waals surface area contributed by atoms with E-state index in [1.807, 2.05) is 12.1 Å². The molecule has 0 unspecified atom stereocenters. The number of hydrogen-bond donors (Lipinski definition) is 1. The van der Waals surface area contributed by atoms with Crippen LogP contribution in [0.4, 0.5) is 0 Å². The van der Waals surface area contributed by atoms with E-state index in [-0.39, 0.29) is 24.1 Å². The van der Waals surface area contributed by atoms with E-state index in [4.69, 9.17) is 11.6 Å². The van der Waals surface area contributed by atoms with Gasteiger partial charge in [-0.2, -0.15) is 0 Å². The molecule has 0 spiro atoms. The number of hydrogen-bond acceptors (Lipinski definition) is 4. The lowest BCUT2D eigenvalue weighted by Crippen LogP contribution is -2.45. The Labute approximate surface area is 202 Å². The standard InChI is InChI=1S/C25H32ClN3O3S/c26-24-11-5-7-20(15-24)19-33(31,32)29-14-6-10-23(18-29)25(30)27-16-21-8-1-2-9-22(21)17-28-12-3-4-13-28/h1-2,5,7-9,11,15,23H,3-4,6,10,12-14,16-19H2,(H,27,30)/t23-/m0/s1. The fourth-order valence-electron chi connectivity index (χ4n) is 4.73. The van der Waals surface area contributed by atoms with Crippen LogP contribution >= 0.6 is 11.6 Å². The van der Waals surface area contributed by atoms with E-state index >= 15 is 0 Å². The average molecular weight is 490 g/mol. The molecule has 178 valence electrons.